The van der Waals surface area contributed by atoms with Crippen LogP contribution in [0.2, 0.25) is 0 Å². The van der Waals surface area contributed by atoms with Crippen LogP contribution in [0.15, 0.2) is 46.8 Å². The van der Waals surface area contributed by atoms with Crippen LogP contribution in [0.5, 0.6) is 0 Å². The lowest BCUT2D eigenvalue weighted by molar-refractivity contribution is 0.370. The Morgan fingerprint density at radius 2 is 1.91 bits per heavy atom. The van der Waals surface area contributed by atoms with E-state index in [-0.39, 0.29) is 29.8 Å². The molecular formula is C22H29FIN7S. The van der Waals surface area contributed by atoms with E-state index >= 15 is 0 Å². The summed E-state index contributed by atoms with van der Waals surface area (Å²) in [7, 11) is 1.96. The van der Waals surface area contributed by atoms with Crippen LogP contribution in [0.4, 0.5) is 10.1 Å². The number of hydrogen-bond acceptors (Lipinski definition) is 5. The lowest BCUT2D eigenvalue weighted by atomic mass is 10.2. The first kappa shape index (κ1) is 24.4. The summed E-state index contributed by atoms with van der Waals surface area (Å²) in [5, 5.41) is 14.0. The van der Waals surface area contributed by atoms with Crippen molar-refractivity contribution in [2.24, 2.45) is 12.0 Å². The number of piperazine rings is 1. The highest BCUT2D eigenvalue weighted by atomic mass is 127. The van der Waals surface area contributed by atoms with Crippen molar-refractivity contribution in [3.8, 4) is 0 Å². The van der Waals surface area contributed by atoms with E-state index in [9.17, 15) is 4.39 Å². The molecule has 1 saturated heterocycles. The molecule has 3 aromatic rings. The second-order valence-corrected chi connectivity index (χ2v) is 8.58. The Kier molecular flexibility index (Phi) is 8.85. The van der Waals surface area contributed by atoms with E-state index in [0.717, 1.165) is 56.8 Å². The summed E-state index contributed by atoms with van der Waals surface area (Å²) >= 11 is 1.77. The van der Waals surface area contributed by atoms with Crippen molar-refractivity contribution in [3.05, 3.63) is 64.1 Å². The third-order valence-corrected chi connectivity index (χ3v) is 6.50. The van der Waals surface area contributed by atoms with Gasteiger partial charge in [-0.05, 0) is 36.9 Å². The molecular weight excluding hydrogens is 540 g/mol. The third kappa shape index (κ3) is 5.97. The Morgan fingerprint density at radius 1 is 1.12 bits per heavy atom. The number of nitrogens with one attached hydrogen (secondary N) is 1. The van der Waals surface area contributed by atoms with Gasteiger partial charge in [-0.3, -0.25) is 0 Å². The monoisotopic (exact) mass is 569 g/mol. The number of anilines is 1. The largest absolute Gasteiger partial charge is 0.366 e. The minimum Gasteiger partial charge on any atom is -0.366 e. The van der Waals surface area contributed by atoms with Crippen molar-refractivity contribution >= 4 is 47.0 Å². The molecule has 32 heavy (non-hydrogen) atoms. The fraction of sp³-hybridized carbons (Fsp3) is 0.409. The van der Waals surface area contributed by atoms with Crippen molar-refractivity contribution in [1.29, 1.82) is 0 Å². The average Bonchev–Trinajstić information content (AvgIpc) is 3.42. The van der Waals surface area contributed by atoms with Crippen molar-refractivity contribution in [2.75, 3.05) is 37.6 Å². The number of guanidine groups is 1. The van der Waals surface area contributed by atoms with Crippen molar-refractivity contribution < 1.29 is 4.39 Å². The molecule has 0 radical (unpaired) electrons. The highest BCUT2D eigenvalue weighted by molar-refractivity contribution is 14.0. The summed E-state index contributed by atoms with van der Waals surface area (Å²) in [6.45, 7) is 6.25. The molecule has 1 aromatic carbocycles. The van der Waals surface area contributed by atoms with E-state index in [1.807, 2.05) is 30.7 Å². The van der Waals surface area contributed by atoms with Gasteiger partial charge in [0.2, 0.25) is 0 Å². The molecule has 1 N–H and O–H groups in total. The molecule has 2 aromatic heterocycles. The third-order valence-electron chi connectivity index (χ3n) is 5.56. The van der Waals surface area contributed by atoms with Crippen LogP contribution in [-0.4, -0.2) is 58.3 Å². The number of hydrogen-bond donors (Lipinski definition) is 1. The van der Waals surface area contributed by atoms with Crippen LogP contribution in [0.25, 0.3) is 0 Å². The number of aromatic nitrogens is 3. The number of aliphatic imine (C=N–C) groups is 1. The summed E-state index contributed by atoms with van der Waals surface area (Å²) in [6, 6.07) is 11.2. The molecule has 1 aliphatic heterocycles. The first-order chi connectivity index (χ1) is 15.1. The van der Waals surface area contributed by atoms with Gasteiger partial charge in [-0.1, -0.05) is 18.2 Å². The van der Waals surface area contributed by atoms with Gasteiger partial charge >= 0.3 is 0 Å². The van der Waals surface area contributed by atoms with Crippen LogP contribution in [-0.2, 0) is 20.0 Å². The topological polar surface area (TPSA) is 61.6 Å². The SMILES string of the molecule is Cc1nnc(CN=C(NCCc2cccs2)N2CCN(c3ccccc3F)CC2)n1C.I. The van der Waals surface area contributed by atoms with E-state index in [1.165, 1.54) is 10.9 Å². The highest BCUT2D eigenvalue weighted by Crippen LogP contribution is 2.20. The summed E-state index contributed by atoms with van der Waals surface area (Å²) in [4.78, 5) is 10.5. The Morgan fingerprint density at radius 3 is 2.56 bits per heavy atom. The van der Waals surface area contributed by atoms with Crippen LogP contribution < -0.4 is 10.2 Å². The first-order valence-corrected chi connectivity index (χ1v) is 11.4. The van der Waals surface area contributed by atoms with E-state index < -0.39 is 0 Å². The Balaban J connectivity index is 0.00000289. The molecule has 10 heteroatoms. The number of aryl methyl sites for hydroxylation is 1. The zero-order valence-electron chi connectivity index (χ0n) is 18.4. The highest BCUT2D eigenvalue weighted by Gasteiger charge is 2.22. The number of benzene rings is 1. The maximum atomic E-state index is 14.2. The minimum atomic E-state index is -0.170. The van der Waals surface area contributed by atoms with Crippen LogP contribution >= 0.6 is 35.3 Å². The van der Waals surface area contributed by atoms with E-state index in [0.29, 0.717) is 12.2 Å². The van der Waals surface area contributed by atoms with Gasteiger partial charge in [-0.25, -0.2) is 9.38 Å². The van der Waals surface area contributed by atoms with Gasteiger partial charge in [0.05, 0.1) is 5.69 Å². The molecule has 0 unspecified atom stereocenters. The van der Waals surface area contributed by atoms with Crippen molar-refractivity contribution in [2.45, 2.75) is 19.9 Å². The Labute approximate surface area is 209 Å². The Hall–Kier alpha value is -2.21. The standard InChI is InChI=1S/C22H28FN7S.HI/c1-17-26-27-21(28(17)2)16-25-22(24-10-9-18-6-5-15-31-18)30-13-11-29(12-14-30)20-8-4-3-7-19(20)23;/h3-8,15H,9-14,16H2,1-2H3,(H,24,25);1H. The van der Waals surface area contributed by atoms with Gasteiger partial charge in [0.1, 0.15) is 18.2 Å². The predicted octanol–water partition coefficient (Wildman–Crippen LogP) is 3.45. The molecule has 0 spiro atoms. The molecule has 0 atom stereocenters. The van der Waals surface area contributed by atoms with E-state index in [1.54, 1.807) is 17.4 Å². The fourth-order valence-electron chi connectivity index (χ4n) is 3.62. The Bertz CT molecular complexity index is 1010. The quantitative estimate of drug-likeness (QED) is 0.280. The lowest BCUT2D eigenvalue weighted by Crippen LogP contribution is -2.53. The summed E-state index contributed by atoms with van der Waals surface area (Å²) in [5.41, 5.74) is 0.667. The number of halogens is 2. The van der Waals surface area contributed by atoms with Gasteiger partial charge in [0, 0.05) is 44.6 Å². The molecule has 172 valence electrons. The van der Waals surface area contributed by atoms with Gasteiger partial charge in [0.15, 0.2) is 11.8 Å². The molecule has 0 aliphatic carbocycles. The first-order valence-electron chi connectivity index (χ1n) is 10.5. The van der Waals surface area contributed by atoms with Gasteiger partial charge in [-0.2, -0.15) is 0 Å². The summed E-state index contributed by atoms with van der Waals surface area (Å²) in [5.74, 6) is 2.40. The van der Waals surface area contributed by atoms with Gasteiger partial charge in [-0.15, -0.1) is 45.5 Å². The van der Waals surface area contributed by atoms with E-state index in [4.69, 9.17) is 4.99 Å². The summed E-state index contributed by atoms with van der Waals surface area (Å²) in [6.07, 6.45) is 0.953. The van der Waals surface area contributed by atoms with Gasteiger partial charge < -0.3 is 19.7 Å². The maximum absolute atomic E-state index is 14.2. The molecule has 1 aliphatic rings. The smallest absolute Gasteiger partial charge is 0.194 e. The zero-order valence-corrected chi connectivity index (χ0v) is 21.5. The van der Waals surface area contributed by atoms with E-state index in [2.05, 4.69) is 42.8 Å². The molecule has 7 nitrogen and oxygen atoms in total. The van der Waals surface area contributed by atoms with Crippen molar-refractivity contribution in [3.63, 3.8) is 0 Å². The molecule has 0 saturated carbocycles. The second kappa shape index (κ2) is 11.6. The minimum absolute atomic E-state index is 0. The molecule has 1 fully saturated rings. The fourth-order valence-corrected chi connectivity index (χ4v) is 4.33. The number of rotatable bonds is 6. The average molecular weight is 569 g/mol. The predicted molar refractivity (Wildman–Crippen MR) is 139 cm³/mol. The van der Waals surface area contributed by atoms with Crippen molar-refractivity contribution in [1.82, 2.24) is 25.0 Å². The normalized spacial score (nSPS) is 14.4. The van der Waals surface area contributed by atoms with Crippen LogP contribution in [0.3, 0.4) is 0 Å². The number of para-hydroxylation sites is 1. The second-order valence-electron chi connectivity index (χ2n) is 7.54. The summed E-state index contributed by atoms with van der Waals surface area (Å²) < 4.78 is 16.1. The molecule has 0 amide bonds. The molecule has 4 rings (SSSR count). The maximum Gasteiger partial charge on any atom is 0.194 e. The molecule has 0 bridgehead atoms. The number of thiophene rings is 1. The zero-order chi connectivity index (χ0) is 21.6. The number of nitrogens with zero attached hydrogens (tertiary/aromatic N) is 6. The van der Waals surface area contributed by atoms with Crippen LogP contribution in [0.1, 0.15) is 16.5 Å². The lowest BCUT2D eigenvalue weighted by Gasteiger charge is -2.37. The molecule has 3 heterocycles. The van der Waals surface area contributed by atoms with Crippen LogP contribution in [0, 0.1) is 12.7 Å². The van der Waals surface area contributed by atoms with Gasteiger partial charge in [0.25, 0.3) is 0 Å².